The van der Waals surface area contributed by atoms with Crippen LogP contribution in [0.5, 0.6) is 0 Å². The van der Waals surface area contributed by atoms with Gasteiger partial charge in [0.15, 0.2) is 0 Å². The fourth-order valence-electron chi connectivity index (χ4n) is 2.86. The summed E-state index contributed by atoms with van der Waals surface area (Å²) in [5, 5.41) is 2.79. The number of pyridine rings is 1. The Morgan fingerprint density at radius 1 is 1.25 bits per heavy atom. The molecule has 0 spiro atoms. The molecule has 2 amide bonds. The minimum atomic E-state index is -3.74. The highest BCUT2D eigenvalue weighted by Crippen LogP contribution is 2.20. The van der Waals surface area contributed by atoms with Gasteiger partial charge in [-0.2, -0.15) is 8.42 Å². The van der Waals surface area contributed by atoms with E-state index in [1.165, 1.54) is 17.3 Å². The Morgan fingerprint density at radius 3 is 2.46 bits per heavy atom. The van der Waals surface area contributed by atoms with Crippen molar-refractivity contribution in [2.45, 2.75) is 51.4 Å². The van der Waals surface area contributed by atoms with Gasteiger partial charge in [-0.15, -0.1) is 0 Å². The Morgan fingerprint density at radius 2 is 1.89 bits per heavy atom. The lowest BCUT2D eigenvalue weighted by Gasteiger charge is -2.30. The first-order chi connectivity index (χ1) is 12.9. The Hall–Kier alpha value is -2.20. The zero-order valence-electron chi connectivity index (χ0n) is 16.5. The van der Waals surface area contributed by atoms with Crippen LogP contribution in [0.2, 0.25) is 0 Å². The fourth-order valence-corrected chi connectivity index (χ4v) is 3.54. The maximum atomic E-state index is 12.6. The number of likely N-dealkylation sites (tertiary alicyclic amines) is 1. The van der Waals surface area contributed by atoms with Gasteiger partial charge < -0.3 is 15.0 Å². The van der Waals surface area contributed by atoms with Gasteiger partial charge >= 0.3 is 6.09 Å². The Kier molecular flexibility index (Phi) is 7.00. The monoisotopic (exact) mass is 413 g/mol. The molecule has 2 heterocycles. The largest absolute Gasteiger partial charge is 0.444 e. The number of nitrogens with one attached hydrogen (secondary N) is 1. The lowest BCUT2D eigenvalue weighted by atomic mass is 10.1. The summed E-state index contributed by atoms with van der Waals surface area (Å²) >= 11 is 0. The molecule has 1 fully saturated rings. The zero-order valence-corrected chi connectivity index (χ0v) is 17.4. The number of ether oxygens (including phenoxy) is 1. The van der Waals surface area contributed by atoms with Crippen molar-refractivity contribution < 1.29 is 26.9 Å². The van der Waals surface area contributed by atoms with Gasteiger partial charge in [0, 0.05) is 31.0 Å². The molecule has 0 aliphatic carbocycles. The Balaban J connectivity index is 2.21. The molecule has 0 saturated carbocycles. The lowest BCUT2D eigenvalue weighted by Crippen LogP contribution is -2.51. The van der Waals surface area contributed by atoms with E-state index in [1.807, 2.05) is 0 Å². The van der Waals surface area contributed by atoms with Gasteiger partial charge in [-0.1, -0.05) is 0 Å². The highest BCUT2D eigenvalue weighted by atomic mass is 32.2. The maximum Gasteiger partial charge on any atom is 0.410 e. The predicted molar refractivity (Wildman–Crippen MR) is 102 cm³/mol. The molecule has 0 unspecified atom stereocenters. The number of amides is 2. The Labute approximate surface area is 165 Å². The van der Waals surface area contributed by atoms with Crippen molar-refractivity contribution in [3.05, 3.63) is 30.1 Å². The molecule has 2 rings (SSSR count). The lowest BCUT2D eigenvalue weighted by molar-refractivity contribution is 0.0229. The van der Waals surface area contributed by atoms with E-state index in [1.54, 1.807) is 32.9 Å². The first-order valence-corrected chi connectivity index (χ1v) is 10.8. The molecule has 1 aliphatic heterocycles. The number of rotatable bonds is 4. The third-order valence-corrected chi connectivity index (χ3v) is 4.59. The average Bonchev–Trinajstić information content (AvgIpc) is 2.75. The van der Waals surface area contributed by atoms with Gasteiger partial charge in [0.2, 0.25) is 0 Å². The number of carbonyl (C=O) groups is 2. The molecule has 9 nitrogen and oxygen atoms in total. The second-order valence-electron chi connectivity index (χ2n) is 7.72. The van der Waals surface area contributed by atoms with Crippen molar-refractivity contribution in [1.29, 1.82) is 0 Å². The summed E-state index contributed by atoms with van der Waals surface area (Å²) in [5.41, 5.74) is -0.289. The van der Waals surface area contributed by atoms with Crippen LogP contribution in [-0.2, 0) is 19.0 Å². The molecule has 1 saturated heterocycles. The van der Waals surface area contributed by atoms with Crippen LogP contribution in [0, 0.1) is 0 Å². The number of aromatic nitrogens is 1. The second-order valence-corrected chi connectivity index (χ2v) is 9.32. The summed E-state index contributed by atoms with van der Waals surface area (Å²) in [6.07, 6.45) is 3.52. The van der Waals surface area contributed by atoms with Crippen molar-refractivity contribution in [1.82, 2.24) is 15.2 Å². The van der Waals surface area contributed by atoms with Gasteiger partial charge in [0.1, 0.15) is 5.60 Å². The third-order valence-electron chi connectivity index (χ3n) is 3.99. The SMILES string of the molecule is CC(C)(C)OC(=O)N1CCC[C@H](OS(C)(=O)=O)[C@H](NC(=O)c2ccncc2)C1. The van der Waals surface area contributed by atoms with E-state index in [0.717, 1.165) is 6.26 Å². The van der Waals surface area contributed by atoms with Gasteiger partial charge in [0.05, 0.1) is 18.4 Å². The average molecular weight is 413 g/mol. The maximum absolute atomic E-state index is 12.6. The van der Waals surface area contributed by atoms with Crippen molar-refractivity contribution in [3.8, 4) is 0 Å². The molecule has 2 atom stereocenters. The summed E-state index contributed by atoms with van der Waals surface area (Å²) in [6, 6.07) is 2.37. The summed E-state index contributed by atoms with van der Waals surface area (Å²) in [4.78, 5) is 30.4. The van der Waals surface area contributed by atoms with Crippen LogP contribution in [0.3, 0.4) is 0 Å². The van der Waals surface area contributed by atoms with Crippen LogP contribution >= 0.6 is 0 Å². The van der Waals surface area contributed by atoms with Crippen LogP contribution in [0.4, 0.5) is 4.79 Å². The van der Waals surface area contributed by atoms with E-state index < -0.39 is 39.9 Å². The molecule has 1 aromatic rings. The van der Waals surface area contributed by atoms with Crippen LogP contribution in [-0.4, -0.2) is 67.4 Å². The number of carbonyl (C=O) groups excluding carboxylic acids is 2. The fraction of sp³-hybridized carbons (Fsp3) is 0.611. The van der Waals surface area contributed by atoms with E-state index in [2.05, 4.69) is 10.3 Å². The molecule has 1 aliphatic rings. The molecule has 10 heteroatoms. The predicted octanol–water partition coefficient (Wildman–Crippen LogP) is 1.56. The van der Waals surface area contributed by atoms with Crippen LogP contribution in [0.1, 0.15) is 44.0 Å². The molecule has 28 heavy (non-hydrogen) atoms. The first-order valence-electron chi connectivity index (χ1n) is 9.02. The van der Waals surface area contributed by atoms with E-state index in [9.17, 15) is 18.0 Å². The summed E-state index contributed by atoms with van der Waals surface area (Å²) in [5.74, 6) is -0.402. The number of hydrogen-bond donors (Lipinski definition) is 1. The normalized spacial score (nSPS) is 20.9. The van der Waals surface area contributed by atoms with E-state index in [0.29, 0.717) is 24.9 Å². The topological polar surface area (TPSA) is 115 Å². The summed E-state index contributed by atoms with van der Waals surface area (Å²) in [7, 11) is -3.74. The van der Waals surface area contributed by atoms with Crippen LogP contribution in [0.25, 0.3) is 0 Å². The van der Waals surface area contributed by atoms with Crippen LogP contribution < -0.4 is 5.32 Å². The summed E-state index contributed by atoms with van der Waals surface area (Å²) in [6.45, 7) is 5.75. The van der Waals surface area contributed by atoms with Crippen molar-refractivity contribution >= 4 is 22.1 Å². The molecule has 0 radical (unpaired) electrons. The smallest absolute Gasteiger partial charge is 0.410 e. The van der Waals surface area contributed by atoms with E-state index >= 15 is 0 Å². The minimum absolute atomic E-state index is 0.0753. The van der Waals surface area contributed by atoms with E-state index in [4.69, 9.17) is 8.92 Å². The molecule has 1 aromatic heterocycles. The zero-order chi connectivity index (χ0) is 20.9. The molecular formula is C18H27N3O6S. The molecular weight excluding hydrogens is 386 g/mol. The molecule has 0 bridgehead atoms. The first kappa shape index (κ1) is 22.1. The molecule has 156 valence electrons. The van der Waals surface area contributed by atoms with Crippen molar-refractivity contribution in [2.24, 2.45) is 0 Å². The molecule has 1 N–H and O–H groups in total. The van der Waals surface area contributed by atoms with Crippen molar-refractivity contribution in [2.75, 3.05) is 19.3 Å². The van der Waals surface area contributed by atoms with Gasteiger partial charge in [0.25, 0.3) is 16.0 Å². The number of hydrogen-bond acceptors (Lipinski definition) is 7. The van der Waals surface area contributed by atoms with Gasteiger partial charge in [-0.3, -0.25) is 14.0 Å². The second kappa shape index (κ2) is 8.87. The van der Waals surface area contributed by atoms with Crippen LogP contribution in [0.15, 0.2) is 24.5 Å². The molecule has 0 aromatic carbocycles. The van der Waals surface area contributed by atoms with E-state index in [-0.39, 0.29) is 6.54 Å². The standard InChI is InChI=1S/C18H27N3O6S/c1-18(2,3)26-17(23)21-11-5-6-15(27-28(4,24)25)14(12-21)20-16(22)13-7-9-19-10-8-13/h7-10,14-15H,5-6,11-12H2,1-4H3,(H,20,22)/t14-,15+/m1/s1. The van der Waals surface area contributed by atoms with Crippen molar-refractivity contribution in [3.63, 3.8) is 0 Å². The van der Waals surface area contributed by atoms with Gasteiger partial charge in [-0.25, -0.2) is 4.79 Å². The number of nitrogens with zero attached hydrogens (tertiary/aromatic N) is 2. The third kappa shape index (κ3) is 7.08. The summed E-state index contributed by atoms with van der Waals surface area (Å²) < 4.78 is 34.0. The van der Waals surface area contributed by atoms with Gasteiger partial charge in [-0.05, 0) is 45.7 Å². The highest BCUT2D eigenvalue weighted by molar-refractivity contribution is 7.86. The highest BCUT2D eigenvalue weighted by Gasteiger charge is 2.34. The quantitative estimate of drug-likeness (QED) is 0.745. The minimum Gasteiger partial charge on any atom is -0.444 e. The Bertz CT molecular complexity index is 791.